The van der Waals surface area contributed by atoms with Gasteiger partial charge >= 0.3 is 5.97 Å². The number of carbonyl (C=O) groups is 1. The molecule has 0 aromatic heterocycles. The van der Waals surface area contributed by atoms with Crippen LogP contribution in [0.3, 0.4) is 0 Å². The lowest BCUT2D eigenvalue weighted by Crippen LogP contribution is -2.08. The molecule has 0 saturated heterocycles. The molecule has 5 heteroatoms. The number of methoxy groups -OCH3 is 1. The maximum atomic E-state index is 11.4. The number of anilines is 1. The van der Waals surface area contributed by atoms with E-state index in [0.717, 1.165) is 10.0 Å². The lowest BCUT2D eigenvalue weighted by atomic mass is 10.1. The molecule has 1 aromatic carbocycles. The maximum absolute atomic E-state index is 11.4. The van der Waals surface area contributed by atoms with Gasteiger partial charge in [-0.1, -0.05) is 0 Å². The van der Waals surface area contributed by atoms with E-state index in [1.807, 2.05) is 0 Å². The zero-order chi connectivity index (χ0) is 12.1. The number of nitrogens with two attached hydrogens (primary N) is 1. The standard InChI is InChI=1S/C11H14BrNO3/c1-3-16-10(14)5-7-4-8(13)6-9(15-2)11(7)12/h4,6H,3,5,13H2,1-2H3. The first kappa shape index (κ1) is 12.8. The molecule has 16 heavy (non-hydrogen) atoms. The van der Waals surface area contributed by atoms with Crippen LogP contribution in [0.15, 0.2) is 16.6 Å². The largest absolute Gasteiger partial charge is 0.495 e. The average Bonchev–Trinajstić information content (AvgIpc) is 2.23. The normalized spacial score (nSPS) is 9.94. The number of rotatable bonds is 4. The molecule has 2 N–H and O–H groups in total. The molecule has 0 heterocycles. The highest BCUT2D eigenvalue weighted by atomic mass is 79.9. The van der Waals surface area contributed by atoms with E-state index in [-0.39, 0.29) is 12.4 Å². The fraction of sp³-hybridized carbons (Fsp3) is 0.364. The van der Waals surface area contributed by atoms with Crippen molar-refractivity contribution in [2.75, 3.05) is 19.5 Å². The van der Waals surface area contributed by atoms with E-state index in [4.69, 9.17) is 15.2 Å². The molecule has 0 amide bonds. The molecule has 1 rings (SSSR count). The van der Waals surface area contributed by atoms with Gasteiger partial charge in [-0.25, -0.2) is 0 Å². The maximum Gasteiger partial charge on any atom is 0.310 e. The molecule has 0 saturated carbocycles. The lowest BCUT2D eigenvalue weighted by Gasteiger charge is -2.10. The minimum absolute atomic E-state index is 0.176. The van der Waals surface area contributed by atoms with Crippen LogP contribution in [-0.4, -0.2) is 19.7 Å². The third-order valence-electron chi connectivity index (χ3n) is 2.00. The summed E-state index contributed by atoms with van der Waals surface area (Å²) in [7, 11) is 1.55. The smallest absolute Gasteiger partial charge is 0.310 e. The number of halogens is 1. The Kier molecular flexibility index (Phi) is 4.61. The second-order valence-corrected chi connectivity index (χ2v) is 3.97. The molecule has 0 fully saturated rings. The van der Waals surface area contributed by atoms with Gasteiger partial charge in [0.05, 0.1) is 24.6 Å². The van der Waals surface area contributed by atoms with Crippen molar-refractivity contribution in [1.82, 2.24) is 0 Å². The number of esters is 1. The second kappa shape index (κ2) is 5.75. The zero-order valence-electron chi connectivity index (χ0n) is 9.25. The van der Waals surface area contributed by atoms with E-state index < -0.39 is 0 Å². The van der Waals surface area contributed by atoms with Crippen LogP contribution >= 0.6 is 15.9 Å². The van der Waals surface area contributed by atoms with Crippen molar-refractivity contribution in [3.05, 3.63) is 22.2 Å². The van der Waals surface area contributed by atoms with Crippen LogP contribution in [0.25, 0.3) is 0 Å². The fourth-order valence-electron chi connectivity index (χ4n) is 1.32. The van der Waals surface area contributed by atoms with Crippen LogP contribution in [0.4, 0.5) is 5.69 Å². The quantitative estimate of drug-likeness (QED) is 0.681. The summed E-state index contributed by atoms with van der Waals surface area (Å²) in [6.45, 7) is 2.14. The Bertz CT molecular complexity index is 393. The Hall–Kier alpha value is -1.23. The van der Waals surface area contributed by atoms with Gasteiger partial charge in [0.2, 0.25) is 0 Å². The number of hydrogen-bond donors (Lipinski definition) is 1. The van der Waals surface area contributed by atoms with Gasteiger partial charge in [-0.2, -0.15) is 0 Å². The molecule has 0 spiro atoms. The molecule has 0 atom stereocenters. The number of ether oxygens (including phenoxy) is 2. The summed E-state index contributed by atoms with van der Waals surface area (Å²) >= 11 is 3.37. The van der Waals surface area contributed by atoms with E-state index in [1.165, 1.54) is 0 Å². The van der Waals surface area contributed by atoms with Crippen LogP contribution < -0.4 is 10.5 Å². The second-order valence-electron chi connectivity index (χ2n) is 3.18. The lowest BCUT2D eigenvalue weighted by molar-refractivity contribution is -0.142. The first-order valence-corrected chi connectivity index (χ1v) is 5.65. The van der Waals surface area contributed by atoms with Crippen LogP contribution in [0.2, 0.25) is 0 Å². The minimum atomic E-state index is -0.282. The summed E-state index contributed by atoms with van der Waals surface area (Å²) < 4.78 is 10.7. The Morgan fingerprint density at radius 3 is 2.75 bits per heavy atom. The molecule has 0 radical (unpaired) electrons. The van der Waals surface area contributed by atoms with E-state index in [9.17, 15) is 4.79 Å². The van der Waals surface area contributed by atoms with E-state index in [0.29, 0.717) is 18.0 Å². The van der Waals surface area contributed by atoms with Gasteiger partial charge in [0.15, 0.2) is 0 Å². The molecule has 0 unspecified atom stereocenters. The molecule has 0 aliphatic rings. The van der Waals surface area contributed by atoms with Crippen LogP contribution in [0.1, 0.15) is 12.5 Å². The summed E-state index contributed by atoms with van der Waals surface area (Å²) in [5, 5.41) is 0. The van der Waals surface area contributed by atoms with Crippen molar-refractivity contribution >= 4 is 27.6 Å². The first-order chi connectivity index (χ1) is 7.58. The molecule has 1 aromatic rings. The third-order valence-corrected chi connectivity index (χ3v) is 2.90. The number of carbonyl (C=O) groups excluding carboxylic acids is 1. The molecule has 0 aliphatic heterocycles. The number of hydrogen-bond acceptors (Lipinski definition) is 4. The van der Waals surface area contributed by atoms with Gasteiger partial charge in [-0.3, -0.25) is 4.79 Å². The summed E-state index contributed by atoms with van der Waals surface area (Å²) in [5.74, 6) is 0.329. The Balaban J connectivity index is 2.95. The van der Waals surface area contributed by atoms with Crippen molar-refractivity contribution in [3.63, 3.8) is 0 Å². The van der Waals surface area contributed by atoms with Crippen molar-refractivity contribution in [3.8, 4) is 5.75 Å². The van der Waals surface area contributed by atoms with Crippen LogP contribution in [0.5, 0.6) is 5.75 Å². The highest BCUT2D eigenvalue weighted by molar-refractivity contribution is 9.10. The topological polar surface area (TPSA) is 61.5 Å². The number of benzene rings is 1. The zero-order valence-corrected chi connectivity index (χ0v) is 10.8. The summed E-state index contributed by atoms with van der Waals surface area (Å²) in [6.07, 6.45) is 0.176. The van der Waals surface area contributed by atoms with Crippen LogP contribution in [0, 0.1) is 0 Å². The Labute approximate surface area is 103 Å². The van der Waals surface area contributed by atoms with Crippen molar-refractivity contribution in [2.45, 2.75) is 13.3 Å². The third kappa shape index (κ3) is 3.13. The van der Waals surface area contributed by atoms with Gasteiger partial charge in [0.1, 0.15) is 5.75 Å². The predicted octanol–water partition coefficient (Wildman–Crippen LogP) is 2.15. The van der Waals surface area contributed by atoms with Gasteiger partial charge in [0, 0.05) is 11.8 Å². The SMILES string of the molecule is CCOC(=O)Cc1cc(N)cc(OC)c1Br. The molecular weight excluding hydrogens is 274 g/mol. The first-order valence-electron chi connectivity index (χ1n) is 4.86. The molecule has 88 valence electrons. The van der Waals surface area contributed by atoms with Gasteiger partial charge < -0.3 is 15.2 Å². The van der Waals surface area contributed by atoms with Gasteiger partial charge in [-0.15, -0.1) is 0 Å². The highest BCUT2D eigenvalue weighted by Crippen LogP contribution is 2.31. The molecule has 0 bridgehead atoms. The van der Waals surface area contributed by atoms with Crippen molar-refractivity contribution < 1.29 is 14.3 Å². The van der Waals surface area contributed by atoms with Crippen molar-refractivity contribution in [2.24, 2.45) is 0 Å². The fourth-order valence-corrected chi connectivity index (χ4v) is 1.85. The van der Waals surface area contributed by atoms with Gasteiger partial charge in [0.25, 0.3) is 0 Å². The Morgan fingerprint density at radius 2 is 2.19 bits per heavy atom. The monoisotopic (exact) mass is 287 g/mol. The summed E-state index contributed by atoms with van der Waals surface area (Å²) in [4.78, 5) is 11.4. The van der Waals surface area contributed by atoms with E-state index in [1.54, 1.807) is 26.2 Å². The molecular formula is C11H14BrNO3. The molecule has 0 aliphatic carbocycles. The summed E-state index contributed by atoms with van der Waals surface area (Å²) in [6, 6.07) is 3.42. The van der Waals surface area contributed by atoms with Crippen LogP contribution in [-0.2, 0) is 16.0 Å². The van der Waals surface area contributed by atoms with E-state index in [2.05, 4.69) is 15.9 Å². The number of nitrogen functional groups attached to an aromatic ring is 1. The predicted molar refractivity (Wildman–Crippen MR) is 65.4 cm³/mol. The van der Waals surface area contributed by atoms with Crippen molar-refractivity contribution in [1.29, 1.82) is 0 Å². The summed E-state index contributed by atoms with van der Waals surface area (Å²) in [5.41, 5.74) is 7.02. The van der Waals surface area contributed by atoms with Gasteiger partial charge in [-0.05, 0) is 34.5 Å². The molecule has 4 nitrogen and oxygen atoms in total. The minimum Gasteiger partial charge on any atom is -0.495 e. The average molecular weight is 288 g/mol. The highest BCUT2D eigenvalue weighted by Gasteiger charge is 2.12. The van der Waals surface area contributed by atoms with E-state index >= 15 is 0 Å². The Morgan fingerprint density at radius 1 is 1.50 bits per heavy atom.